The summed E-state index contributed by atoms with van der Waals surface area (Å²) >= 11 is 0. The first-order chi connectivity index (χ1) is 15.0. The minimum absolute atomic E-state index is 0.219. The highest BCUT2D eigenvalue weighted by atomic mass is 32.2. The molecule has 32 heavy (non-hydrogen) atoms. The number of hydrogen-bond donors (Lipinski definition) is 3. The van der Waals surface area contributed by atoms with Crippen LogP contribution in [0.1, 0.15) is 56.9 Å². The molecule has 0 spiro atoms. The first kappa shape index (κ1) is 22.1. The fourth-order valence-electron chi connectivity index (χ4n) is 4.43. The van der Waals surface area contributed by atoms with Gasteiger partial charge in [0.15, 0.2) is 0 Å². The molecule has 0 bridgehead atoms. The summed E-state index contributed by atoms with van der Waals surface area (Å²) < 4.78 is 29.2. The third-order valence-corrected chi connectivity index (χ3v) is 7.65. The predicted octanol–water partition coefficient (Wildman–Crippen LogP) is 4.16. The third kappa shape index (κ3) is 3.79. The summed E-state index contributed by atoms with van der Waals surface area (Å²) in [6, 6.07) is 14.5. The van der Waals surface area contributed by atoms with Gasteiger partial charge in [-0.25, -0.2) is 17.8 Å². The first-order valence-corrected chi connectivity index (χ1v) is 12.1. The van der Waals surface area contributed by atoms with Crippen molar-refractivity contribution in [2.24, 2.45) is 16.3 Å². The number of aromatic nitrogens is 1. The van der Waals surface area contributed by atoms with Crippen LogP contribution in [-0.2, 0) is 16.4 Å². The summed E-state index contributed by atoms with van der Waals surface area (Å²) in [5.41, 5.74) is 11.8. The maximum absolute atomic E-state index is 13.8. The maximum Gasteiger partial charge on any atom is 0.268 e. The van der Waals surface area contributed by atoms with E-state index in [2.05, 4.69) is 44.3 Å². The van der Waals surface area contributed by atoms with Gasteiger partial charge in [-0.05, 0) is 54.0 Å². The molecule has 3 aromatic rings. The zero-order valence-electron chi connectivity index (χ0n) is 18.8. The van der Waals surface area contributed by atoms with Crippen LogP contribution in [0.15, 0.2) is 58.5 Å². The minimum atomic E-state index is -3.83. The number of guanidine groups is 1. The normalized spacial score (nSPS) is 17.0. The molecule has 1 aromatic heterocycles. The van der Waals surface area contributed by atoms with Crippen molar-refractivity contribution < 1.29 is 8.42 Å². The van der Waals surface area contributed by atoms with Gasteiger partial charge >= 0.3 is 0 Å². The van der Waals surface area contributed by atoms with Crippen molar-refractivity contribution in [3.8, 4) is 0 Å². The Morgan fingerprint density at radius 2 is 1.84 bits per heavy atom. The lowest BCUT2D eigenvalue weighted by atomic mass is 9.75. The highest BCUT2D eigenvalue weighted by Gasteiger charge is 2.37. The Bertz CT molecular complexity index is 1340. The fraction of sp³-hybridized carbons (Fsp3) is 0.333. The van der Waals surface area contributed by atoms with E-state index in [1.807, 2.05) is 12.1 Å². The molecule has 8 heteroatoms. The number of nitrogens with zero attached hydrogens (tertiary/aromatic N) is 2. The second-order valence-corrected chi connectivity index (χ2v) is 11.2. The molecule has 168 valence electrons. The highest BCUT2D eigenvalue weighted by Crippen LogP contribution is 2.42. The van der Waals surface area contributed by atoms with Gasteiger partial charge in [0.25, 0.3) is 10.0 Å². The average molecular weight is 452 g/mol. The Labute approximate surface area is 188 Å². The van der Waals surface area contributed by atoms with E-state index in [0.717, 1.165) is 16.5 Å². The molecule has 0 atom stereocenters. The lowest BCUT2D eigenvalue weighted by Gasteiger charge is -2.31. The van der Waals surface area contributed by atoms with Crippen LogP contribution in [-0.4, -0.2) is 24.1 Å². The fourth-order valence-corrected chi connectivity index (χ4v) is 6.00. The van der Waals surface area contributed by atoms with E-state index in [0.29, 0.717) is 35.7 Å². The van der Waals surface area contributed by atoms with Crippen molar-refractivity contribution in [1.82, 2.24) is 9.40 Å². The van der Waals surface area contributed by atoms with Gasteiger partial charge in [0.1, 0.15) is 0 Å². The van der Waals surface area contributed by atoms with Gasteiger partial charge in [0.2, 0.25) is 5.96 Å². The van der Waals surface area contributed by atoms with E-state index >= 15 is 0 Å². The van der Waals surface area contributed by atoms with Crippen LogP contribution in [0, 0.1) is 10.8 Å². The molecule has 0 aliphatic heterocycles. The molecule has 4 rings (SSSR count). The molecule has 0 unspecified atom stereocenters. The summed E-state index contributed by atoms with van der Waals surface area (Å²) in [5.74, 6) is 0.0332. The van der Waals surface area contributed by atoms with Gasteiger partial charge in [-0.1, -0.05) is 52.0 Å². The van der Waals surface area contributed by atoms with Crippen molar-refractivity contribution in [3.63, 3.8) is 0 Å². The van der Waals surface area contributed by atoms with Crippen molar-refractivity contribution in [3.05, 3.63) is 65.4 Å². The van der Waals surface area contributed by atoms with Crippen LogP contribution in [0.25, 0.3) is 10.9 Å². The Morgan fingerprint density at radius 3 is 2.47 bits per heavy atom. The molecular weight excluding hydrogens is 422 g/mol. The maximum atomic E-state index is 13.8. The van der Waals surface area contributed by atoms with Crippen LogP contribution < -0.4 is 11.2 Å². The Balaban J connectivity index is 2.10. The quantitative estimate of drug-likeness (QED) is 0.314. The second kappa shape index (κ2) is 7.78. The van der Waals surface area contributed by atoms with Crippen molar-refractivity contribution >= 4 is 32.6 Å². The van der Waals surface area contributed by atoms with Gasteiger partial charge < -0.3 is 5.73 Å². The van der Waals surface area contributed by atoms with E-state index in [-0.39, 0.29) is 16.3 Å². The van der Waals surface area contributed by atoms with Crippen LogP contribution in [0.3, 0.4) is 0 Å². The van der Waals surface area contributed by atoms with Crippen molar-refractivity contribution in [2.75, 3.05) is 0 Å². The van der Waals surface area contributed by atoms with E-state index in [1.54, 1.807) is 30.3 Å². The number of hydrogen-bond acceptors (Lipinski definition) is 4. The second-order valence-electron chi connectivity index (χ2n) is 9.44. The molecule has 1 aliphatic carbocycles. The number of benzene rings is 2. The van der Waals surface area contributed by atoms with Gasteiger partial charge in [-0.15, -0.1) is 0 Å². The third-order valence-electron chi connectivity index (χ3n) is 5.88. The average Bonchev–Trinajstić information content (AvgIpc) is 3.05. The Kier molecular flexibility index (Phi) is 5.36. The molecule has 0 saturated carbocycles. The SMILES string of the molecule is CC(C)c1ccc2c(c1)c1c(n2S(=O)(=O)c2ccccc2)CC(C)(C)C/C1=N\NC(=N)N. The van der Waals surface area contributed by atoms with Crippen molar-refractivity contribution in [2.45, 2.75) is 51.3 Å². The lowest BCUT2D eigenvalue weighted by Crippen LogP contribution is -2.33. The minimum Gasteiger partial charge on any atom is -0.369 e. The van der Waals surface area contributed by atoms with Crippen LogP contribution in [0.4, 0.5) is 0 Å². The van der Waals surface area contributed by atoms with Crippen LogP contribution in [0.2, 0.25) is 0 Å². The molecule has 4 N–H and O–H groups in total. The van der Waals surface area contributed by atoms with E-state index in [9.17, 15) is 8.42 Å². The largest absolute Gasteiger partial charge is 0.369 e. The number of fused-ring (bicyclic) bond motifs is 3. The van der Waals surface area contributed by atoms with E-state index in [4.69, 9.17) is 11.1 Å². The Morgan fingerprint density at radius 1 is 1.16 bits per heavy atom. The molecule has 2 aromatic carbocycles. The highest BCUT2D eigenvalue weighted by molar-refractivity contribution is 7.90. The van der Waals surface area contributed by atoms with E-state index in [1.165, 1.54) is 3.97 Å². The molecule has 0 radical (unpaired) electrons. The zero-order chi connectivity index (χ0) is 23.3. The molecule has 0 fully saturated rings. The first-order valence-electron chi connectivity index (χ1n) is 10.7. The molecule has 7 nitrogen and oxygen atoms in total. The number of hydrazone groups is 1. The summed E-state index contributed by atoms with van der Waals surface area (Å²) in [4.78, 5) is 0.247. The lowest BCUT2D eigenvalue weighted by molar-refractivity contribution is 0.367. The van der Waals surface area contributed by atoms with Gasteiger partial charge in [-0.2, -0.15) is 5.10 Å². The smallest absolute Gasteiger partial charge is 0.268 e. The topological polar surface area (TPSA) is 113 Å². The molecule has 0 saturated heterocycles. The van der Waals surface area contributed by atoms with Crippen LogP contribution in [0.5, 0.6) is 0 Å². The monoisotopic (exact) mass is 451 g/mol. The summed E-state index contributed by atoms with van der Waals surface area (Å²) in [6.07, 6.45) is 1.22. The van der Waals surface area contributed by atoms with E-state index < -0.39 is 10.0 Å². The number of rotatable bonds is 4. The summed E-state index contributed by atoms with van der Waals surface area (Å²) in [5, 5.41) is 12.8. The summed E-state index contributed by atoms with van der Waals surface area (Å²) in [6.45, 7) is 8.41. The van der Waals surface area contributed by atoms with Gasteiger partial charge in [0, 0.05) is 16.6 Å². The summed E-state index contributed by atoms with van der Waals surface area (Å²) in [7, 11) is -3.83. The molecular formula is C24H29N5O2S. The van der Waals surface area contributed by atoms with Crippen LogP contribution >= 0.6 is 0 Å². The van der Waals surface area contributed by atoms with Gasteiger partial charge in [0.05, 0.1) is 16.1 Å². The molecule has 0 amide bonds. The van der Waals surface area contributed by atoms with Crippen molar-refractivity contribution in [1.29, 1.82) is 5.41 Å². The number of nitrogens with two attached hydrogens (primary N) is 1. The molecule has 1 heterocycles. The van der Waals surface area contributed by atoms with Gasteiger partial charge in [-0.3, -0.25) is 5.41 Å². The molecule has 1 aliphatic rings. The Hall–Kier alpha value is -3.13. The number of nitrogens with one attached hydrogen (secondary N) is 2. The predicted molar refractivity (Wildman–Crippen MR) is 129 cm³/mol. The standard InChI is InChI=1S/C24H29N5O2S/c1-15(2)16-10-11-20-18(12-16)22-19(27-28-23(25)26)13-24(3,4)14-21(22)29(20)32(30,31)17-8-6-5-7-9-17/h5-12,15H,13-14H2,1-4H3,(H4,25,26,28)/b27-19+. The zero-order valence-corrected chi connectivity index (χ0v) is 19.6.